The first-order valence-corrected chi connectivity index (χ1v) is 8.14. The molecule has 0 unspecified atom stereocenters. The van der Waals surface area contributed by atoms with Crippen LogP contribution in [0.4, 0.5) is 11.4 Å². The van der Waals surface area contributed by atoms with Gasteiger partial charge < -0.3 is 10.6 Å². The lowest BCUT2D eigenvalue weighted by molar-refractivity contribution is 0.418. The van der Waals surface area contributed by atoms with E-state index in [9.17, 15) is 8.42 Å². The van der Waals surface area contributed by atoms with E-state index in [0.29, 0.717) is 5.69 Å². The van der Waals surface area contributed by atoms with Crippen LogP contribution in [-0.2, 0) is 10.0 Å². The highest BCUT2D eigenvalue weighted by Crippen LogP contribution is 2.36. The minimum absolute atomic E-state index is 0.238. The van der Waals surface area contributed by atoms with Crippen LogP contribution in [0.2, 0.25) is 0 Å². The number of nitrogen functional groups attached to an aromatic ring is 1. The molecule has 2 rings (SSSR count). The largest absolute Gasteiger partial charge is 0.397 e. The maximum Gasteiger partial charge on any atom is 0.242 e. The standard InChI is InChI=1S/C14H23N3O2S/c1-14(2)7-8-17(10-14)13-6-5-11(9-12(13)15)20(18,19)16(3)4/h5-6,9H,7-8,10,15H2,1-4H3. The van der Waals surface area contributed by atoms with Gasteiger partial charge in [0.05, 0.1) is 16.3 Å². The minimum Gasteiger partial charge on any atom is -0.397 e. The molecule has 1 fully saturated rings. The van der Waals surface area contributed by atoms with Crippen molar-refractivity contribution in [2.24, 2.45) is 5.41 Å². The number of sulfonamides is 1. The fraction of sp³-hybridized carbons (Fsp3) is 0.571. The Morgan fingerprint density at radius 3 is 2.40 bits per heavy atom. The number of hydrogen-bond acceptors (Lipinski definition) is 4. The molecular formula is C14H23N3O2S. The topological polar surface area (TPSA) is 66.6 Å². The van der Waals surface area contributed by atoms with E-state index in [1.165, 1.54) is 18.4 Å². The SMILES string of the molecule is CN(C)S(=O)(=O)c1ccc(N2CCC(C)(C)C2)c(N)c1. The lowest BCUT2D eigenvalue weighted by Gasteiger charge is -2.23. The predicted octanol–water partition coefficient (Wildman–Crippen LogP) is 1.76. The number of benzene rings is 1. The molecule has 5 nitrogen and oxygen atoms in total. The number of anilines is 2. The second-order valence-electron chi connectivity index (χ2n) is 6.34. The van der Waals surface area contributed by atoms with Crippen molar-refractivity contribution in [2.75, 3.05) is 37.8 Å². The Morgan fingerprint density at radius 2 is 1.95 bits per heavy atom. The third kappa shape index (κ3) is 2.76. The summed E-state index contributed by atoms with van der Waals surface area (Å²) in [6, 6.07) is 5.00. The fourth-order valence-electron chi connectivity index (χ4n) is 2.51. The summed E-state index contributed by atoms with van der Waals surface area (Å²) in [7, 11) is -0.395. The first kappa shape index (κ1) is 15.1. The van der Waals surface area contributed by atoms with Crippen LogP contribution in [0.3, 0.4) is 0 Å². The second-order valence-corrected chi connectivity index (χ2v) is 8.50. The van der Waals surface area contributed by atoms with E-state index >= 15 is 0 Å². The first-order valence-electron chi connectivity index (χ1n) is 6.70. The maximum absolute atomic E-state index is 12.1. The zero-order chi connectivity index (χ0) is 15.1. The van der Waals surface area contributed by atoms with Gasteiger partial charge in [0.15, 0.2) is 0 Å². The molecule has 1 heterocycles. The third-order valence-corrected chi connectivity index (χ3v) is 5.61. The van der Waals surface area contributed by atoms with Gasteiger partial charge in [0, 0.05) is 27.2 Å². The van der Waals surface area contributed by atoms with Gasteiger partial charge in [-0.05, 0) is 30.0 Å². The van der Waals surface area contributed by atoms with E-state index in [1.54, 1.807) is 12.1 Å². The molecule has 1 aromatic carbocycles. The van der Waals surface area contributed by atoms with E-state index in [1.807, 2.05) is 6.07 Å². The van der Waals surface area contributed by atoms with Crippen molar-refractivity contribution in [3.63, 3.8) is 0 Å². The molecule has 0 aromatic heterocycles. The summed E-state index contributed by atoms with van der Waals surface area (Å²) in [6.07, 6.45) is 1.12. The summed E-state index contributed by atoms with van der Waals surface area (Å²) in [5.41, 5.74) is 7.78. The summed E-state index contributed by atoms with van der Waals surface area (Å²) in [4.78, 5) is 2.46. The molecule has 1 aliphatic rings. The second kappa shape index (κ2) is 4.93. The highest BCUT2D eigenvalue weighted by Gasteiger charge is 2.30. The van der Waals surface area contributed by atoms with Crippen LogP contribution in [0.5, 0.6) is 0 Å². The van der Waals surface area contributed by atoms with Crippen molar-refractivity contribution in [3.05, 3.63) is 18.2 Å². The lowest BCUT2D eigenvalue weighted by atomic mass is 9.93. The van der Waals surface area contributed by atoms with Gasteiger partial charge >= 0.3 is 0 Å². The summed E-state index contributed by atoms with van der Waals surface area (Å²) in [5, 5.41) is 0. The molecule has 112 valence electrons. The summed E-state index contributed by atoms with van der Waals surface area (Å²) in [5.74, 6) is 0. The summed E-state index contributed by atoms with van der Waals surface area (Å²) >= 11 is 0. The molecule has 0 bridgehead atoms. The molecule has 0 spiro atoms. The van der Waals surface area contributed by atoms with Crippen LogP contribution in [0.25, 0.3) is 0 Å². The molecular weight excluding hydrogens is 274 g/mol. The van der Waals surface area contributed by atoms with Crippen LogP contribution in [0, 0.1) is 5.41 Å². The van der Waals surface area contributed by atoms with Crippen LogP contribution in [0.15, 0.2) is 23.1 Å². The maximum atomic E-state index is 12.1. The molecule has 2 N–H and O–H groups in total. The predicted molar refractivity (Wildman–Crippen MR) is 82.3 cm³/mol. The molecule has 0 aliphatic carbocycles. The zero-order valence-electron chi connectivity index (χ0n) is 12.5. The molecule has 20 heavy (non-hydrogen) atoms. The smallest absolute Gasteiger partial charge is 0.242 e. The molecule has 0 saturated carbocycles. The highest BCUT2D eigenvalue weighted by atomic mass is 32.2. The van der Waals surface area contributed by atoms with Gasteiger partial charge in [0.1, 0.15) is 0 Å². The van der Waals surface area contributed by atoms with Gasteiger partial charge in [-0.25, -0.2) is 12.7 Å². The van der Waals surface area contributed by atoms with Crippen LogP contribution < -0.4 is 10.6 Å². The van der Waals surface area contributed by atoms with Gasteiger partial charge in [-0.1, -0.05) is 13.8 Å². The van der Waals surface area contributed by atoms with E-state index in [0.717, 1.165) is 25.2 Å². The van der Waals surface area contributed by atoms with Crippen molar-refractivity contribution in [1.82, 2.24) is 4.31 Å². The normalized spacial score (nSPS) is 18.8. The quantitative estimate of drug-likeness (QED) is 0.863. The first-order chi connectivity index (χ1) is 9.13. The van der Waals surface area contributed by atoms with Crippen molar-refractivity contribution in [2.45, 2.75) is 25.2 Å². The van der Waals surface area contributed by atoms with Crippen molar-refractivity contribution in [3.8, 4) is 0 Å². The Bertz CT molecular complexity index is 609. The molecule has 6 heteroatoms. The fourth-order valence-corrected chi connectivity index (χ4v) is 3.45. The van der Waals surface area contributed by atoms with Crippen LogP contribution >= 0.6 is 0 Å². The van der Waals surface area contributed by atoms with Crippen LogP contribution in [0.1, 0.15) is 20.3 Å². The molecule has 1 saturated heterocycles. The van der Waals surface area contributed by atoms with Gasteiger partial charge in [0.25, 0.3) is 0 Å². The third-order valence-electron chi connectivity index (χ3n) is 3.80. The Hall–Kier alpha value is -1.27. The van der Waals surface area contributed by atoms with E-state index < -0.39 is 10.0 Å². The van der Waals surface area contributed by atoms with Crippen LogP contribution in [-0.4, -0.2) is 39.9 Å². The molecule has 0 radical (unpaired) electrons. The van der Waals surface area contributed by atoms with Gasteiger partial charge in [-0.3, -0.25) is 0 Å². The monoisotopic (exact) mass is 297 g/mol. The minimum atomic E-state index is -3.43. The van der Waals surface area contributed by atoms with Gasteiger partial charge in [-0.15, -0.1) is 0 Å². The molecule has 0 amide bonds. The number of nitrogens with two attached hydrogens (primary N) is 1. The highest BCUT2D eigenvalue weighted by molar-refractivity contribution is 7.89. The number of nitrogens with zero attached hydrogens (tertiary/aromatic N) is 2. The van der Waals surface area contributed by atoms with E-state index in [4.69, 9.17) is 5.73 Å². The lowest BCUT2D eigenvalue weighted by Crippen LogP contribution is -2.25. The molecule has 1 aromatic rings. The van der Waals surface area contributed by atoms with E-state index in [-0.39, 0.29) is 10.3 Å². The Labute approximate surface area is 121 Å². The average molecular weight is 297 g/mol. The zero-order valence-corrected chi connectivity index (χ0v) is 13.4. The number of hydrogen-bond donors (Lipinski definition) is 1. The van der Waals surface area contributed by atoms with Crippen molar-refractivity contribution >= 4 is 21.4 Å². The summed E-state index contributed by atoms with van der Waals surface area (Å²) in [6.45, 7) is 6.36. The van der Waals surface area contributed by atoms with Crippen molar-refractivity contribution in [1.29, 1.82) is 0 Å². The average Bonchev–Trinajstić information content (AvgIpc) is 2.69. The Balaban J connectivity index is 2.32. The summed E-state index contributed by atoms with van der Waals surface area (Å²) < 4.78 is 25.3. The Kier molecular flexibility index (Phi) is 3.73. The number of rotatable bonds is 3. The van der Waals surface area contributed by atoms with Crippen molar-refractivity contribution < 1.29 is 8.42 Å². The molecule has 0 atom stereocenters. The Morgan fingerprint density at radius 1 is 1.30 bits per heavy atom. The van der Waals surface area contributed by atoms with E-state index in [2.05, 4.69) is 18.7 Å². The molecule has 1 aliphatic heterocycles. The van der Waals surface area contributed by atoms with Gasteiger partial charge in [0.2, 0.25) is 10.0 Å². The van der Waals surface area contributed by atoms with Gasteiger partial charge in [-0.2, -0.15) is 0 Å².